The fourth-order valence-corrected chi connectivity index (χ4v) is 2.85. The molecule has 0 bridgehead atoms. The third kappa shape index (κ3) is 3.02. The molecule has 2 nitrogen and oxygen atoms in total. The molecular weight excluding hydrogens is 229 g/mol. The highest BCUT2D eigenvalue weighted by Gasteiger charge is 2.21. The van der Waals surface area contributed by atoms with Crippen LogP contribution in [-0.2, 0) is 6.54 Å². The van der Waals surface area contributed by atoms with Gasteiger partial charge in [-0.25, -0.2) is 4.39 Å². The Labute approximate surface area is 108 Å². The predicted octanol–water partition coefficient (Wildman–Crippen LogP) is 3.69. The standard InChI is InChI=1S/C15H22FNO/c1-2-17(13-8-4-3-5-9-13)11-12-7-6-10-14(16)15(12)18/h6-7,10,13,18H,2-5,8-9,11H2,1H3. The molecule has 0 amide bonds. The predicted molar refractivity (Wildman–Crippen MR) is 71.0 cm³/mol. The number of nitrogens with zero attached hydrogens (tertiary/aromatic N) is 1. The summed E-state index contributed by atoms with van der Waals surface area (Å²) in [4.78, 5) is 2.35. The van der Waals surface area contributed by atoms with Gasteiger partial charge in [0.05, 0.1) is 0 Å². The Morgan fingerprint density at radius 3 is 2.67 bits per heavy atom. The highest BCUT2D eigenvalue weighted by atomic mass is 19.1. The Balaban J connectivity index is 2.07. The first kappa shape index (κ1) is 13.3. The van der Waals surface area contributed by atoms with E-state index < -0.39 is 5.82 Å². The number of rotatable bonds is 4. The van der Waals surface area contributed by atoms with E-state index in [1.807, 2.05) is 6.07 Å². The van der Waals surface area contributed by atoms with Crippen molar-refractivity contribution in [3.63, 3.8) is 0 Å². The summed E-state index contributed by atoms with van der Waals surface area (Å²) in [6.07, 6.45) is 6.36. The third-order valence-electron chi connectivity index (χ3n) is 3.94. The number of aromatic hydroxyl groups is 1. The highest BCUT2D eigenvalue weighted by Crippen LogP contribution is 2.27. The van der Waals surface area contributed by atoms with Crippen molar-refractivity contribution in [3.05, 3.63) is 29.6 Å². The molecule has 0 heterocycles. The molecule has 0 atom stereocenters. The molecule has 18 heavy (non-hydrogen) atoms. The van der Waals surface area contributed by atoms with Gasteiger partial charge in [0.2, 0.25) is 0 Å². The lowest BCUT2D eigenvalue weighted by Crippen LogP contribution is -2.36. The van der Waals surface area contributed by atoms with Crippen molar-refractivity contribution in [3.8, 4) is 5.75 Å². The van der Waals surface area contributed by atoms with Gasteiger partial charge < -0.3 is 5.11 Å². The van der Waals surface area contributed by atoms with E-state index in [9.17, 15) is 9.50 Å². The van der Waals surface area contributed by atoms with E-state index in [2.05, 4.69) is 11.8 Å². The Kier molecular flexibility index (Phi) is 4.59. The number of benzene rings is 1. The van der Waals surface area contributed by atoms with E-state index in [-0.39, 0.29) is 5.75 Å². The Hall–Kier alpha value is -1.09. The molecule has 1 aromatic carbocycles. The molecule has 0 radical (unpaired) electrons. The number of hydrogen-bond acceptors (Lipinski definition) is 2. The summed E-state index contributed by atoms with van der Waals surface area (Å²) in [5.74, 6) is -0.709. The largest absolute Gasteiger partial charge is 0.505 e. The first-order valence-electron chi connectivity index (χ1n) is 6.92. The van der Waals surface area contributed by atoms with Crippen molar-refractivity contribution < 1.29 is 9.50 Å². The second-order valence-corrected chi connectivity index (χ2v) is 5.10. The van der Waals surface area contributed by atoms with Crippen molar-refractivity contribution in [2.45, 2.75) is 51.6 Å². The van der Waals surface area contributed by atoms with Crippen LogP contribution in [0.15, 0.2) is 18.2 Å². The van der Waals surface area contributed by atoms with Crippen molar-refractivity contribution in [1.82, 2.24) is 4.90 Å². The molecule has 1 aromatic rings. The maximum Gasteiger partial charge on any atom is 0.165 e. The van der Waals surface area contributed by atoms with Crippen LogP contribution >= 0.6 is 0 Å². The number of phenols is 1. The summed E-state index contributed by atoms with van der Waals surface area (Å²) >= 11 is 0. The van der Waals surface area contributed by atoms with Gasteiger partial charge in [-0.3, -0.25) is 4.90 Å². The quantitative estimate of drug-likeness (QED) is 0.882. The van der Waals surface area contributed by atoms with Gasteiger partial charge >= 0.3 is 0 Å². The lowest BCUT2D eigenvalue weighted by Gasteiger charge is -2.33. The topological polar surface area (TPSA) is 23.5 Å². The molecule has 0 aromatic heterocycles. The molecule has 1 N–H and O–H groups in total. The molecule has 0 saturated heterocycles. The van der Waals surface area contributed by atoms with Gasteiger partial charge in [-0.15, -0.1) is 0 Å². The minimum Gasteiger partial charge on any atom is -0.505 e. The van der Waals surface area contributed by atoms with E-state index in [4.69, 9.17) is 0 Å². The van der Waals surface area contributed by atoms with Gasteiger partial charge in [0.25, 0.3) is 0 Å². The third-order valence-corrected chi connectivity index (χ3v) is 3.94. The van der Waals surface area contributed by atoms with Crippen LogP contribution in [0.3, 0.4) is 0 Å². The molecule has 0 spiro atoms. The smallest absolute Gasteiger partial charge is 0.165 e. The summed E-state index contributed by atoms with van der Waals surface area (Å²) < 4.78 is 13.3. The maximum absolute atomic E-state index is 13.3. The molecule has 1 saturated carbocycles. The zero-order chi connectivity index (χ0) is 13.0. The summed E-state index contributed by atoms with van der Waals surface area (Å²) in [6, 6.07) is 5.37. The fraction of sp³-hybridized carbons (Fsp3) is 0.600. The van der Waals surface area contributed by atoms with Crippen LogP contribution < -0.4 is 0 Å². The minimum atomic E-state index is -0.521. The van der Waals surface area contributed by atoms with E-state index in [0.29, 0.717) is 18.2 Å². The van der Waals surface area contributed by atoms with Crippen molar-refractivity contribution >= 4 is 0 Å². The number of phenolic OH excluding ortho intramolecular Hbond substituents is 1. The fourth-order valence-electron chi connectivity index (χ4n) is 2.85. The van der Waals surface area contributed by atoms with E-state index in [1.54, 1.807) is 6.07 Å². The molecule has 100 valence electrons. The first-order chi connectivity index (χ1) is 8.72. The van der Waals surface area contributed by atoms with E-state index >= 15 is 0 Å². The van der Waals surface area contributed by atoms with Crippen molar-refractivity contribution in [2.75, 3.05) is 6.54 Å². The monoisotopic (exact) mass is 251 g/mol. The van der Waals surface area contributed by atoms with Crippen LogP contribution in [-0.4, -0.2) is 22.6 Å². The lowest BCUT2D eigenvalue weighted by molar-refractivity contribution is 0.154. The normalized spacial score (nSPS) is 17.3. The number of halogens is 1. The van der Waals surface area contributed by atoms with Crippen LogP contribution in [0.1, 0.15) is 44.6 Å². The van der Waals surface area contributed by atoms with Crippen LogP contribution in [0.25, 0.3) is 0 Å². The van der Waals surface area contributed by atoms with E-state index in [1.165, 1.54) is 38.2 Å². The van der Waals surface area contributed by atoms with E-state index in [0.717, 1.165) is 6.54 Å². The summed E-state index contributed by atoms with van der Waals surface area (Å²) in [5.41, 5.74) is 0.697. The average Bonchev–Trinajstić information content (AvgIpc) is 2.41. The van der Waals surface area contributed by atoms with Crippen LogP contribution in [0.4, 0.5) is 4.39 Å². The van der Waals surface area contributed by atoms with Gasteiger partial charge in [-0.1, -0.05) is 38.3 Å². The number of para-hydroxylation sites is 1. The van der Waals surface area contributed by atoms with Crippen molar-refractivity contribution in [2.24, 2.45) is 0 Å². The van der Waals surface area contributed by atoms with Crippen LogP contribution in [0.5, 0.6) is 5.75 Å². The highest BCUT2D eigenvalue weighted by molar-refractivity contribution is 5.33. The Bertz CT molecular complexity index is 388. The van der Waals surface area contributed by atoms with Gasteiger partial charge in [0, 0.05) is 18.2 Å². The lowest BCUT2D eigenvalue weighted by atomic mass is 9.94. The first-order valence-corrected chi connectivity index (χ1v) is 6.92. The summed E-state index contributed by atoms with van der Waals surface area (Å²) in [6.45, 7) is 3.72. The molecule has 1 fully saturated rings. The molecule has 1 aliphatic carbocycles. The minimum absolute atomic E-state index is 0.188. The number of hydrogen-bond donors (Lipinski definition) is 1. The zero-order valence-electron chi connectivity index (χ0n) is 11.0. The van der Waals surface area contributed by atoms with Gasteiger partial charge in [-0.2, -0.15) is 0 Å². The second-order valence-electron chi connectivity index (χ2n) is 5.10. The summed E-state index contributed by atoms with van der Waals surface area (Å²) in [7, 11) is 0. The summed E-state index contributed by atoms with van der Waals surface area (Å²) in [5, 5.41) is 9.74. The Morgan fingerprint density at radius 1 is 1.28 bits per heavy atom. The maximum atomic E-state index is 13.3. The van der Waals surface area contributed by atoms with Gasteiger partial charge in [0.1, 0.15) is 0 Å². The van der Waals surface area contributed by atoms with Gasteiger partial charge in [-0.05, 0) is 25.5 Å². The molecule has 0 aliphatic heterocycles. The molecule has 2 rings (SSSR count). The molecule has 0 unspecified atom stereocenters. The van der Waals surface area contributed by atoms with Crippen LogP contribution in [0, 0.1) is 5.82 Å². The average molecular weight is 251 g/mol. The zero-order valence-corrected chi connectivity index (χ0v) is 11.0. The molecule has 1 aliphatic rings. The molecule has 3 heteroatoms. The molecular formula is C15H22FNO. The van der Waals surface area contributed by atoms with Gasteiger partial charge in [0.15, 0.2) is 11.6 Å². The second kappa shape index (κ2) is 6.19. The van der Waals surface area contributed by atoms with Crippen LogP contribution in [0.2, 0.25) is 0 Å². The van der Waals surface area contributed by atoms with Crippen molar-refractivity contribution in [1.29, 1.82) is 0 Å². The Morgan fingerprint density at radius 2 is 2.00 bits per heavy atom. The SMILES string of the molecule is CCN(Cc1cccc(F)c1O)C1CCCCC1.